The minimum atomic E-state index is 0. The highest BCUT2D eigenvalue weighted by Crippen LogP contribution is 2.25. The lowest BCUT2D eigenvalue weighted by Gasteiger charge is -2.17. The van der Waals surface area contributed by atoms with Crippen LogP contribution in [0.3, 0.4) is 0 Å². The summed E-state index contributed by atoms with van der Waals surface area (Å²) in [4.78, 5) is 0. The van der Waals surface area contributed by atoms with E-state index in [-0.39, 0.29) is 17.0 Å². The van der Waals surface area contributed by atoms with E-state index in [1.807, 2.05) is 6.08 Å². The first kappa shape index (κ1) is 17.7. The molecule has 0 aliphatic rings. The number of hydrogen-bond acceptors (Lipinski definition) is 0. The second-order valence-corrected chi connectivity index (χ2v) is 5.67. The molecule has 0 atom stereocenters. The Morgan fingerprint density at radius 1 is 1.00 bits per heavy atom. The Balaban J connectivity index is 0.00000220. The molecule has 0 bridgehead atoms. The number of rotatable bonds is 4. The van der Waals surface area contributed by atoms with Gasteiger partial charge in [-0.25, -0.2) is 9.13 Å². The van der Waals surface area contributed by atoms with Crippen LogP contribution in [0.5, 0.6) is 0 Å². The average Bonchev–Trinajstić information content (AvgIpc) is 2.87. The van der Waals surface area contributed by atoms with Crippen molar-refractivity contribution in [3.05, 3.63) is 64.8 Å². The molecule has 2 rings (SSSR count). The topological polar surface area (TPSA) is 8.81 Å². The van der Waals surface area contributed by atoms with Gasteiger partial charge >= 0.3 is 0 Å². The summed E-state index contributed by atoms with van der Waals surface area (Å²) in [5.41, 5.74) is 8.58. The minimum Gasteiger partial charge on any atom is -1.00 e. The second-order valence-electron chi connectivity index (χ2n) is 5.67. The molecule has 1 aromatic heterocycles. The van der Waals surface area contributed by atoms with E-state index in [2.05, 4.69) is 69.1 Å². The van der Waals surface area contributed by atoms with Gasteiger partial charge in [-0.3, -0.25) is 0 Å². The summed E-state index contributed by atoms with van der Waals surface area (Å²) < 4.78 is 4.39. The molecule has 1 aromatic carbocycles. The lowest BCUT2D eigenvalue weighted by atomic mass is 9.89. The van der Waals surface area contributed by atoms with Crippen LogP contribution in [0.2, 0.25) is 0 Å². The zero-order valence-corrected chi connectivity index (χ0v) is 15.3. The molecule has 0 spiro atoms. The Labute approximate surface area is 138 Å². The SMILES string of the molecule is C=CCn1cc[n+](Cc2c(C)c(C)c(C)c(C)c2C)c1.[Br-]. The molecule has 0 aliphatic heterocycles. The fourth-order valence-electron chi connectivity index (χ4n) is 2.79. The van der Waals surface area contributed by atoms with Gasteiger partial charge in [-0.15, -0.1) is 0 Å². The van der Waals surface area contributed by atoms with Crippen LogP contribution in [-0.4, -0.2) is 4.57 Å². The van der Waals surface area contributed by atoms with E-state index in [1.165, 1.54) is 33.4 Å². The van der Waals surface area contributed by atoms with Crippen molar-refractivity contribution in [3.8, 4) is 0 Å². The van der Waals surface area contributed by atoms with E-state index in [9.17, 15) is 0 Å². The summed E-state index contributed by atoms with van der Waals surface area (Å²) in [7, 11) is 0. The number of imidazole rings is 1. The van der Waals surface area contributed by atoms with Crippen LogP contribution in [0, 0.1) is 34.6 Å². The molecule has 2 nitrogen and oxygen atoms in total. The number of nitrogens with zero attached hydrogens (tertiary/aromatic N) is 2. The van der Waals surface area contributed by atoms with Crippen LogP contribution >= 0.6 is 0 Å². The van der Waals surface area contributed by atoms with Crippen molar-refractivity contribution >= 4 is 0 Å². The van der Waals surface area contributed by atoms with Crippen LogP contribution in [0.25, 0.3) is 0 Å². The maximum atomic E-state index is 3.78. The highest BCUT2D eigenvalue weighted by molar-refractivity contribution is 5.49. The Hall–Kier alpha value is -1.35. The number of hydrogen-bond donors (Lipinski definition) is 0. The standard InChI is InChI=1S/C18H25N2.BrH/c1-7-8-19-9-10-20(12-19)11-18-16(5)14(3)13(2)15(4)17(18)6;/h7,9-10,12H,1,8,11H2,2-6H3;1H/q+1;/p-1. The first-order valence-electron chi connectivity index (χ1n) is 7.17. The van der Waals surface area contributed by atoms with Crippen LogP contribution in [0.1, 0.15) is 33.4 Å². The Morgan fingerprint density at radius 2 is 1.52 bits per heavy atom. The van der Waals surface area contributed by atoms with E-state index in [4.69, 9.17) is 0 Å². The van der Waals surface area contributed by atoms with Crippen LogP contribution < -0.4 is 21.5 Å². The van der Waals surface area contributed by atoms with Crippen molar-refractivity contribution in [3.63, 3.8) is 0 Å². The summed E-state index contributed by atoms with van der Waals surface area (Å²) in [5, 5.41) is 0. The molecule has 2 aromatic rings. The molecule has 3 heteroatoms. The second kappa shape index (κ2) is 7.08. The molecule has 1 heterocycles. The third kappa shape index (κ3) is 3.46. The van der Waals surface area contributed by atoms with Crippen LogP contribution in [0.15, 0.2) is 31.4 Å². The van der Waals surface area contributed by atoms with Crippen molar-refractivity contribution in [2.24, 2.45) is 0 Å². The fraction of sp³-hybridized carbons (Fsp3) is 0.389. The summed E-state index contributed by atoms with van der Waals surface area (Å²) in [6.45, 7) is 16.7. The van der Waals surface area contributed by atoms with Gasteiger partial charge in [0.15, 0.2) is 0 Å². The quantitative estimate of drug-likeness (QED) is 0.563. The van der Waals surface area contributed by atoms with Gasteiger partial charge < -0.3 is 17.0 Å². The minimum absolute atomic E-state index is 0. The van der Waals surface area contributed by atoms with Crippen molar-refractivity contribution in [2.45, 2.75) is 47.7 Å². The average molecular weight is 349 g/mol. The first-order chi connectivity index (χ1) is 9.45. The van der Waals surface area contributed by atoms with Gasteiger partial charge in [0, 0.05) is 0 Å². The molecule has 0 amide bonds. The van der Waals surface area contributed by atoms with E-state index < -0.39 is 0 Å². The molecule has 0 radical (unpaired) electrons. The molecule has 0 aliphatic carbocycles. The zero-order chi connectivity index (χ0) is 14.9. The van der Waals surface area contributed by atoms with Gasteiger partial charge in [-0.1, -0.05) is 12.7 Å². The maximum Gasteiger partial charge on any atom is 0.244 e. The van der Waals surface area contributed by atoms with Crippen LogP contribution in [0.4, 0.5) is 0 Å². The molecule has 0 saturated heterocycles. The van der Waals surface area contributed by atoms with E-state index in [0.717, 1.165) is 13.1 Å². The zero-order valence-electron chi connectivity index (χ0n) is 13.7. The molecule has 114 valence electrons. The summed E-state index contributed by atoms with van der Waals surface area (Å²) in [5.74, 6) is 0. The fourth-order valence-corrected chi connectivity index (χ4v) is 2.79. The number of benzene rings is 1. The number of allylic oxidation sites excluding steroid dienone is 1. The van der Waals surface area contributed by atoms with Gasteiger partial charge in [-0.2, -0.15) is 0 Å². The van der Waals surface area contributed by atoms with Gasteiger partial charge in [0.2, 0.25) is 6.33 Å². The molecule has 21 heavy (non-hydrogen) atoms. The molecule has 0 unspecified atom stereocenters. The molecule has 0 fully saturated rings. The summed E-state index contributed by atoms with van der Waals surface area (Å²) in [6, 6.07) is 0. The highest BCUT2D eigenvalue weighted by Gasteiger charge is 2.14. The summed E-state index contributed by atoms with van der Waals surface area (Å²) in [6.07, 6.45) is 8.29. The van der Waals surface area contributed by atoms with Crippen molar-refractivity contribution < 1.29 is 21.5 Å². The number of aromatic nitrogens is 2. The third-order valence-corrected chi connectivity index (χ3v) is 4.58. The lowest BCUT2D eigenvalue weighted by molar-refractivity contribution is -0.687. The Kier molecular flexibility index (Phi) is 5.97. The van der Waals surface area contributed by atoms with Crippen LogP contribution in [-0.2, 0) is 13.1 Å². The largest absolute Gasteiger partial charge is 1.00 e. The summed E-state index contributed by atoms with van der Waals surface area (Å²) >= 11 is 0. The first-order valence-corrected chi connectivity index (χ1v) is 7.17. The predicted molar refractivity (Wildman–Crippen MR) is 84.1 cm³/mol. The predicted octanol–water partition coefficient (Wildman–Crippen LogP) is 0.556. The molecular weight excluding hydrogens is 324 g/mol. The Bertz CT molecular complexity index is 624. The maximum absolute atomic E-state index is 3.78. The number of halogens is 1. The van der Waals surface area contributed by atoms with Gasteiger partial charge in [0.05, 0.1) is 0 Å². The molecule has 0 saturated carbocycles. The molecule has 0 N–H and O–H groups in total. The third-order valence-electron chi connectivity index (χ3n) is 4.58. The van der Waals surface area contributed by atoms with E-state index in [1.54, 1.807) is 0 Å². The highest BCUT2D eigenvalue weighted by atomic mass is 79.9. The monoisotopic (exact) mass is 348 g/mol. The van der Waals surface area contributed by atoms with E-state index >= 15 is 0 Å². The smallest absolute Gasteiger partial charge is 0.244 e. The Morgan fingerprint density at radius 3 is 2.05 bits per heavy atom. The van der Waals surface area contributed by atoms with Gasteiger partial charge in [-0.05, 0) is 68.0 Å². The van der Waals surface area contributed by atoms with Gasteiger partial charge in [0.25, 0.3) is 0 Å². The van der Waals surface area contributed by atoms with E-state index in [0.29, 0.717) is 0 Å². The lowest BCUT2D eigenvalue weighted by Crippen LogP contribution is -3.00. The van der Waals surface area contributed by atoms with Crippen molar-refractivity contribution in [1.29, 1.82) is 0 Å². The molecular formula is C18H25BrN2. The normalized spacial score (nSPS) is 10.3. The van der Waals surface area contributed by atoms with Crippen molar-refractivity contribution in [2.75, 3.05) is 0 Å². The van der Waals surface area contributed by atoms with Gasteiger partial charge in [0.1, 0.15) is 25.5 Å². The van der Waals surface area contributed by atoms with Crippen molar-refractivity contribution in [1.82, 2.24) is 4.57 Å².